The van der Waals surface area contributed by atoms with Crippen LogP contribution in [0.15, 0.2) is 146 Å². The van der Waals surface area contributed by atoms with Gasteiger partial charge in [0.15, 0.2) is 6.10 Å². The lowest BCUT2D eigenvalue weighted by molar-refractivity contribution is -0.870. The maximum absolute atomic E-state index is 12.9. The molecular weight excluding hydrogens is 1130 g/mol. The van der Waals surface area contributed by atoms with Crippen LogP contribution < -0.4 is 4.89 Å². The van der Waals surface area contributed by atoms with E-state index in [-0.39, 0.29) is 32.0 Å². The van der Waals surface area contributed by atoms with E-state index < -0.39 is 26.5 Å². The molecule has 0 bridgehead atoms. The second-order valence-corrected chi connectivity index (χ2v) is 26.6. The fourth-order valence-corrected chi connectivity index (χ4v) is 10.6. The molecule has 0 radical (unpaired) electrons. The standard InChI is InChI=1S/C80H136NO8P/c1-6-8-10-12-14-16-18-20-22-24-26-28-30-32-34-36-38-40-42-44-46-48-50-52-54-56-58-60-62-64-66-68-70-72-79(82)86-76-78(77-88-90(84,85)87-75-74-81(3,4)5)89-80(83)73-71-69-67-65-63-61-59-57-55-53-51-49-47-45-43-41-39-37-35-33-31-29-27-25-23-21-19-17-15-13-11-9-7-2/h8-11,14-17,20-23,26-29,33,35,39,41,45,47,51,53,78H,6-7,12-13,18-19,24-25,30-32,34,36-38,40,42-44,46,48-50,52,54-77H2,1-5H3/b10-8-,11-9-,16-14-,17-15-,22-20-,23-21-,28-26-,29-27-,35-33-,41-39-,47-45-,53-51-. The molecule has 0 aliphatic rings. The van der Waals surface area contributed by atoms with E-state index in [1.807, 2.05) is 21.1 Å². The Balaban J connectivity index is 4.07. The Bertz CT molecular complexity index is 2030. The molecule has 10 heteroatoms. The number of hydrogen-bond acceptors (Lipinski definition) is 8. The normalized spacial score (nSPS) is 14.0. The highest BCUT2D eigenvalue weighted by molar-refractivity contribution is 7.45. The van der Waals surface area contributed by atoms with Gasteiger partial charge in [-0.2, -0.15) is 0 Å². The van der Waals surface area contributed by atoms with Crippen molar-refractivity contribution in [3.8, 4) is 0 Å². The average molecular weight is 1270 g/mol. The van der Waals surface area contributed by atoms with E-state index >= 15 is 0 Å². The predicted octanol–water partition coefficient (Wildman–Crippen LogP) is 23.5. The molecule has 0 aliphatic carbocycles. The smallest absolute Gasteiger partial charge is 0.306 e. The van der Waals surface area contributed by atoms with Crippen LogP contribution in [-0.2, 0) is 32.7 Å². The van der Waals surface area contributed by atoms with Crippen molar-refractivity contribution in [2.45, 2.75) is 302 Å². The number of ether oxygens (including phenoxy) is 2. The quantitative estimate of drug-likeness (QED) is 0.0195. The number of hydrogen-bond donors (Lipinski definition) is 0. The van der Waals surface area contributed by atoms with Gasteiger partial charge in [-0.1, -0.05) is 314 Å². The first-order valence-corrected chi connectivity index (χ1v) is 38.0. The minimum atomic E-state index is -4.65. The molecule has 2 atom stereocenters. The summed E-state index contributed by atoms with van der Waals surface area (Å²) in [4.78, 5) is 38.1. The number of carbonyl (C=O) groups excluding carboxylic acids is 2. The minimum Gasteiger partial charge on any atom is -0.756 e. The van der Waals surface area contributed by atoms with Gasteiger partial charge in [0.05, 0.1) is 27.7 Å². The molecule has 514 valence electrons. The summed E-state index contributed by atoms with van der Waals surface area (Å²) < 4.78 is 34.3. The van der Waals surface area contributed by atoms with Gasteiger partial charge in [-0.05, 0) is 116 Å². The van der Waals surface area contributed by atoms with Crippen molar-refractivity contribution in [3.05, 3.63) is 146 Å². The molecule has 0 saturated heterocycles. The largest absolute Gasteiger partial charge is 0.756 e. The number of phosphoric ester groups is 1. The fraction of sp³-hybridized carbons (Fsp3) is 0.675. The van der Waals surface area contributed by atoms with Crippen molar-refractivity contribution in [2.75, 3.05) is 47.5 Å². The highest BCUT2D eigenvalue weighted by Crippen LogP contribution is 2.38. The third kappa shape index (κ3) is 72.9. The first-order chi connectivity index (χ1) is 44.0. The summed E-state index contributed by atoms with van der Waals surface area (Å²) in [5.74, 6) is -0.841. The lowest BCUT2D eigenvalue weighted by atomic mass is 10.0. The monoisotopic (exact) mass is 1270 g/mol. The molecule has 90 heavy (non-hydrogen) atoms. The van der Waals surface area contributed by atoms with Crippen LogP contribution in [0.4, 0.5) is 0 Å². The van der Waals surface area contributed by atoms with Crippen molar-refractivity contribution in [1.82, 2.24) is 0 Å². The summed E-state index contributed by atoms with van der Waals surface area (Å²) >= 11 is 0. The van der Waals surface area contributed by atoms with Crippen LogP contribution in [-0.4, -0.2) is 70.0 Å². The Kier molecular flexibility index (Phi) is 66.1. The van der Waals surface area contributed by atoms with E-state index in [0.29, 0.717) is 17.4 Å². The topological polar surface area (TPSA) is 111 Å². The zero-order valence-corrected chi connectivity index (χ0v) is 59.4. The molecule has 0 N–H and O–H groups in total. The minimum absolute atomic E-state index is 0.0382. The van der Waals surface area contributed by atoms with Crippen LogP contribution in [0, 0.1) is 0 Å². The number of allylic oxidation sites excluding steroid dienone is 24. The van der Waals surface area contributed by atoms with Crippen molar-refractivity contribution in [1.29, 1.82) is 0 Å². The van der Waals surface area contributed by atoms with Gasteiger partial charge >= 0.3 is 11.9 Å². The summed E-state index contributed by atoms with van der Waals surface area (Å²) in [6, 6.07) is 0. The summed E-state index contributed by atoms with van der Waals surface area (Å²) in [5.41, 5.74) is 0. The molecule has 0 fully saturated rings. The van der Waals surface area contributed by atoms with Gasteiger partial charge in [0.25, 0.3) is 7.82 Å². The summed E-state index contributed by atoms with van der Waals surface area (Å²) in [5, 5.41) is 0. The first kappa shape index (κ1) is 85.9. The number of unbranched alkanes of at least 4 members (excludes halogenated alkanes) is 28. The SMILES string of the molecule is CC/C=C\C/C=C\C/C=C\C/C=C\C/C=C\C/C=C\C/C=C\C/C=C\CCCCCCCCCCC(=O)OC(COC(=O)CCCCCCCCCCCCCCCCCCCCCC/C=C\C/C=C\C/C=C\C/C=C\CC)COP(=O)([O-])OCC[N+](C)(C)C. The van der Waals surface area contributed by atoms with Crippen LogP contribution >= 0.6 is 7.82 Å². The van der Waals surface area contributed by atoms with E-state index in [1.165, 1.54) is 141 Å². The number of rotatable bonds is 66. The summed E-state index contributed by atoms with van der Waals surface area (Å²) in [6.45, 7) is 4.02. The second kappa shape index (κ2) is 69.2. The number of esters is 2. The van der Waals surface area contributed by atoms with Crippen molar-refractivity contribution in [3.63, 3.8) is 0 Å². The van der Waals surface area contributed by atoms with E-state index in [1.54, 1.807) is 0 Å². The third-order valence-corrected chi connectivity index (χ3v) is 16.3. The lowest BCUT2D eigenvalue weighted by Gasteiger charge is -2.28. The highest BCUT2D eigenvalue weighted by Gasteiger charge is 2.22. The Morgan fingerprint density at radius 2 is 0.600 bits per heavy atom. The summed E-state index contributed by atoms with van der Waals surface area (Å²) in [7, 11) is 1.15. The Morgan fingerprint density at radius 1 is 0.344 bits per heavy atom. The van der Waals surface area contributed by atoms with Gasteiger partial charge in [0.1, 0.15) is 19.8 Å². The lowest BCUT2D eigenvalue weighted by Crippen LogP contribution is -2.37. The number of likely N-dealkylation sites (N-methyl/N-ethyl adjacent to an activating group) is 1. The molecule has 0 aromatic heterocycles. The number of carbonyl (C=O) groups is 2. The fourth-order valence-electron chi connectivity index (χ4n) is 9.84. The van der Waals surface area contributed by atoms with Crippen molar-refractivity contribution < 1.29 is 42.1 Å². The van der Waals surface area contributed by atoms with E-state index in [4.69, 9.17) is 18.5 Å². The molecule has 0 rings (SSSR count). The summed E-state index contributed by atoms with van der Waals surface area (Å²) in [6.07, 6.45) is 102. The van der Waals surface area contributed by atoms with E-state index in [0.717, 1.165) is 122 Å². The molecule has 0 saturated carbocycles. The van der Waals surface area contributed by atoms with Crippen LogP contribution in [0.5, 0.6) is 0 Å². The van der Waals surface area contributed by atoms with Crippen LogP contribution in [0.2, 0.25) is 0 Å². The molecular formula is C80H136NO8P. The number of nitrogens with zero attached hydrogens (tertiary/aromatic N) is 1. The molecule has 0 aromatic rings. The molecule has 2 unspecified atom stereocenters. The van der Waals surface area contributed by atoms with E-state index in [9.17, 15) is 19.0 Å². The molecule has 0 spiro atoms. The van der Waals surface area contributed by atoms with Crippen molar-refractivity contribution >= 4 is 19.8 Å². The van der Waals surface area contributed by atoms with Crippen LogP contribution in [0.1, 0.15) is 296 Å². The highest BCUT2D eigenvalue weighted by atomic mass is 31.2. The van der Waals surface area contributed by atoms with Gasteiger partial charge in [0, 0.05) is 12.8 Å². The van der Waals surface area contributed by atoms with E-state index in [2.05, 4.69) is 160 Å². The maximum atomic E-state index is 12.9. The van der Waals surface area contributed by atoms with Gasteiger partial charge in [-0.3, -0.25) is 14.2 Å². The van der Waals surface area contributed by atoms with Gasteiger partial charge in [0.2, 0.25) is 0 Å². The zero-order valence-electron chi connectivity index (χ0n) is 58.5. The maximum Gasteiger partial charge on any atom is 0.306 e. The molecule has 0 aromatic carbocycles. The van der Waals surface area contributed by atoms with Crippen LogP contribution in [0.25, 0.3) is 0 Å². The number of phosphoric acid groups is 1. The Labute approximate surface area is 554 Å². The molecule has 0 heterocycles. The third-order valence-electron chi connectivity index (χ3n) is 15.4. The first-order valence-electron chi connectivity index (χ1n) is 36.5. The predicted molar refractivity (Wildman–Crippen MR) is 387 cm³/mol. The Hall–Kier alpha value is -4.11. The molecule has 0 amide bonds. The van der Waals surface area contributed by atoms with Gasteiger partial charge in [-0.25, -0.2) is 0 Å². The second-order valence-electron chi connectivity index (χ2n) is 25.2. The average Bonchev–Trinajstić information content (AvgIpc) is 3.58. The Morgan fingerprint density at radius 3 is 0.889 bits per heavy atom. The van der Waals surface area contributed by atoms with Gasteiger partial charge < -0.3 is 27.9 Å². The molecule has 9 nitrogen and oxygen atoms in total. The van der Waals surface area contributed by atoms with Crippen molar-refractivity contribution in [2.24, 2.45) is 0 Å². The number of quaternary nitrogens is 1. The van der Waals surface area contributed by atoms with Crippen LogP contribution in [0.3, 0.4) is 0 Å². The van der Waals surface area contributed by atoms with Gasteiger partial charge in [-0.15, -0.1) is 0 Å². The zero-order chi connectivity index (χ0) is 65.5. The molecule has 0 aliphatic heterocycles.